The third kappa shape index (κ3) is 3.27. The fraction of sp³-hybridized carbons (Fsp3) is 0.167. The van der Waals surface area contributed by atoms with Gasteiger partial charge >= 0.3 is 6.03 Å². The van der Waals surface area contributed by atoms with E-state index in [9.17, 15) is 9.59 Å². The van der Waals surface area contributed by atoms with Gasteiger partial charge in [0.15, 0.2) is 4.87 Å². The molecule has 1 fully saturated rings. The van der Waals surface area contributed by atoms with E-state index in [1.165, 1.54) is 11.8 Å². The number of anilines is 2. The van der Waals surface area contributed by atoms with E-state index in [1.54, 1.807) is 9.80 Å². The number of benzene rings is 3. The van der Waals surface area contributed by atoms with Gasteiger partial charge in [0.1, 0.15) is 0 Å². The maximum Gasteiger partial charge on any atom is 0.323 e. The molecule has 1 atom stereocenters. The molecule has 31 heavy (non-hydrogen) atoms. The van der Waals surface area contributed by atoms with E-state index in [1.807, 2.05) is 78.9 Å². The lowest BCUT2D eigenvalue weighted by Gasteiger charge is -2.33. The predicted octanol–water partition coefficient (Wildman–Crippen LogP) is 5.32. The van der Waals surface area contributed by atoms with Crippen molar-refractivity contribution >= 4 is 46.7 Å². The van der Waals surface area contributed by atoms with E-state index < -0.39 is 4.87 Å². The van der Waals surface area contributed by atoms with Crippen LogP contribution in [0.4, 0.5) is 16.2 Å². The first-order chi connectivity index (χ1) is 15.1. The van der Waals surface area contributed by atoms with Crippen molar-refractivity contribution in [3.05, 3.63) is 95.0 Å². The van der Waals surface area contributed by atoms with Crippen LogP contribution in [0.1, 0.15) is 11.1 Å². The van der Waals surface area contributed by atoms with E-state index in [4.69, 9.17) is 11.6 Å². The summed E-state index contributed by atoms with van der Waals surface area (Å²) in [6.45, 7) is 0.843. The minimum Gasteiger partial charge on any atom is -0.308 e. The van der Waals surface area contributed by atoms with Gasteiger partial charge in [-0.15, -0.1) is 11.8 Å². The van der Waals surface area contributed by atoms with Crippen molar-refractivity contribution in [2.75, 3.05) is 22.5 Å². The molecule has 2 aliphatic rings. The molecule has 0 saturated carbocycles. The normalized spacial score (nSPS) is 19.7. The number of nitrogens with zero attached hydrogens (tertiary/aromatic N) is 2. The van der Waals surface area contributed by atoms with Crippen LogP contribution in [0.5, 0.6) is 0 Å². The molecular formula is C24H20ClN3O2S. The minimum atomic E-state index is -1.07. The largest absolute Gasteiger partial charge is 0.323 e. The van der Waals surface area contributed by atoms with Gasteiger partial charge in [-0.05, 0) is 29.8 Å². The summed E-state index contributed by atoms with van der Waals surface area (Å²) in [7, 11) is 0. The van der Waals surface area contributed by atoms with Crippen molar-refractivity contribution in [2.24, 2.45) is 0 Å². The number of urea groups is 1. The number of rotatable bonds is 3. The van der Waals surface area contributed by atoms with Crippen molar-refractivity contribution in [3.8, 4) is 0 Å². The fourth-order valence-electron chi connectivity index (χ4n) is 4.23. The number of nitrogens with one attached hydrogen (secondary N) is 1. The SMILES string of the molecule is O=C(Nc1ccccc1)N1CCS[C@]12C(=O)N(Cc1ccccc1Cl)c1ccccc12. The van der Waals surface area contributed by atoms with E-state index in [2.05, 4.69) is 5.32 Å². The third-order valence-electron chi connectivity index (χ3n) is 5.66. The van der Waals surface area contributed by atoms with Crippen molar-refractivity contribution in [3.63, 3.8) is 0 Å². The molecule has 0 radical (unpaired) electrons. The molecule has 1 saturated heterocycles. The molecule has 0 unspecified atom stereocenters. The highest BCUT2D eigenvalue weighted by molar-refractivity contribution is 8.01. The van der Waals surface area contributed by atoms with Crippen LogP contribution in [0, 0.1) is 0 Å². The van der Waals surface area contributed by atoms with Gasteiger partial charge in [-0.3, -0.25) is 9.69 Å². The Morgan fingerprint density at radius 3 is 2.52 bits per heavy atom. The molecule has 0 aromatic heterocycles. The van der Waals surface area contributed by atoms with Crippen molar-refractivity contribution in [1.29, 1.82) is 0 Å². The molecule has 156 valence electrons. The molecule has 3 aromatic rings. The van der Waals surface area contributed by atoms with Gasteiger partial charge in [0.2, 0.25) is 0 Å². The highest BCUT2D eigenvalue weighted by atomic mass is 35.5. The Morgan fingerprint density at radius 1 is 1.00 bits per heavy atom. The van der Waals surface area contributed by atoms with Crippen molar-refractivity contribution < 1.29 is 9.59 Å². The number of hydrogen-bond donors (Lipinski definition) is 1. The second-order valence-corrected chi connectivity index (χ2v) is 9.14. The van der Waals surface area contributed by atoms with Crippen LogP contribution in [0.25, 0.3) is 0 Å². The second kappa shape index (κ2) is 7.94. The van der Waals surface area contributed by atoms with Gasteiger partial charge in [0.05, 0.1) is 12.2 Å². The Morgan fingerprint density at radius 2 is 1.71 bits per heavy atom. The number of para-hydroxylation sites is 2. The molecule has 1 spiro atoms. The topological polar surface area (TPSA) is 52.7 Å². The summed E-state index contributed by atoms with van der Waals surface area (Å²) >= 11 is 7.89. The van der Waals surface area contributed by atoms with E-state index in [0.29, 0.717) is 29.6 Å². The lowest BCUT2D eigenvalue weighted by Crippen LogP contribution is -2.51. The molecular weight excluding hydrogens is 430 g/mol. The Bertz CT molecular complexity index is 1160. The Labute approximate surface area is 190 Å². The quantitative estimate of drug-likeness (QED) is 0.588. The number of carbonyl (C=O) groups is 2. The maximum absolute atomic E-state index is 13.9. The van der Waals surface area contributed by atoms with Crippen LogP contribution in [-0.2, 0) is 16.2 Å². The summed E-state index contributed by atoms with van der Waals surface area (Å²) in [4.78, 5) is 29.5. The summed E-state index contributed by atoms with van der Waals surface area (Å²) in [5.41, 5.74) is 3.23. The first kappa shape index (κ1) is 20.0. The van der Waals surface area contributed by atoms with E-state index in [-0.39, 0.29) is 11.9 Å². The first-order valence-electron chi connectivity index (χ1n) is 10.0. The van der Waals surface area contributed by atoms with Gasteiger partial charge in [-0.2, -0.15) is 0 Å². The summed E-state index contributed by atoms with van der Waals surface area (Å²) < 4.78 is 0. The predicted molar refractivity (Wildman–Crippen MR) is 125 cm³/mol. The van der Waals surface area contributed by atoms with Crippen LogP contribution < -0.4 is 10.2 Å². The molecule has 0 bridgehead atoms. The van der Waals surface area contributed by atoms with E-state index >= 15 is 0 Å². The Balaban J connectivity index is 1.53. The van der Waals surface area contributed by atoms with Crippen LogP contribution in [0.3, 0.4) is 0 Å². The number of hydrogen-bond acceptors (Lipinski definition) is 3. The van der Waals surface area contributed by atoms with Crippen LogP contribution in [-0.4, -0.2) is 29.1 Å². The molecule has 3 amide bonds. The molecule has 2 heterocycles. The van der Waals surface area contributed by atoms with Gasteiger partial charge in [-0.1, -0.05) is 66.2 Å². The lowest BCUT2D eigenvalue weighted by molar-refractivity contribution is -0.123. The zero-order valence-electron chi connectivity index (χ0n) is 16.6. The minimum absolute atomic E-state index is 0.112. The monoisotopic (exact) mass is 449 g/mol. The summed E-state index contributed by atoms with van der Waals surface area (Å²) in [5, 5.41) is 3.56. The number of amides is 3. The highest BCUT2D eigenvalue weighted by Gasteiger charge is 2.59. The average Bonchev–Trinajstić information content (AvgIpc) is 3.33. The van der Waals surface area contributed by atoms with Crippen LogP contribution in [0.2, 0.25) is 5.02 Å². The molecule has 2 aliphatic heterocycles. The second-order valence-electron chi connectivity index (χ2n) is 7.44. The first-order valence-corrected chi connectivity index (χ1v) is 11.4. The molecule has 5 rings (SSSR count). The van der Waals surface area contributed by atoms with Gasteiger partial charge < -0.3 is 10.2 Å². The number of halogens is 1. The molecule has 7 heteroatoms. The number of fused-ring (bicyclic) bond motifs is 2. The average molecular weight is 450 g/mol. The zero-order chi connectivity index (χ0) is 21.4. The third-order valence-corrected chi connectivity index (χ3v) is 7.45. The fourth-order valence-corrected chi connectivity index (χ4v) is 5.89. The molecule has 5 nitrogen and oxygen atoms in total. The van der Waals surface area contributed by atoms with Crippen LogP contribution in [0.15, 0.2) is 78.9 Å². The number of thioether (sulfide) groups is 1. The van der Waals surface area contributed by atoms with E-state index in [0.717, 1.165) is 16.8 Å². The number of carbonyl (C=O) groups excluding carboxylic acids is 2. The molecule has 0 aliphatic carbocycles. The van der Waals surface area contributed by atoms with Crippen molar-refractivity contribution in [1.82, 2.24) is 4.90 Å². The summed E-state index contributed by atoms with van der Waals surface area (Å²) in [5.74, 6) is 0.571. The Kier molecular flexibility index (Phi) is 5.12. The summed E-state index contributed by atoms with van der Waals surface area (Å²) in [6, 6.07) is 24.3. The van der Waals surface area contributed by atoms with Crippen LogP contribution >= 0.6 is 23.4 Å². The lowest BCUT2D eigenvalue weighted by atomic mass is 10.1. The molecule has 1 N–H and O–H groups in total. The smallest absolute Gasteiger partial charge is 0.308 e. The van der Waals surface area contributed by atoms with Crippen molar-refractivity contribution in [2.45, 2.75) is 11.4 Å². The Hall–Kier alpha value is -2.96. The maximum atomic E-state index is 13.9. The molecule has 3 aromatic carbocycles. The summed E-state index contributed by atoms with van der Waals surface area (Å²) in [6.07, 6.45) is 0. The van der Waals surface area contributed by atoms with Gasteiger partial charge in [0.25, 0.3) is 5.91 Å². The van der Waals surface area contributed by atoms with Gasteiger partial charge in [-0.25, -0.2) is 4.79 Å². The zero-order valence-corrected chi connectivity index (χ0v) is 18.2. The highest BCUT2D eigenvalue weighted by Crippen LogP contribution is 2.54. The van der Waals surface area contributed by atoms with Gasteiger partial charge in [0, 0.05) is 28.6 Å². The standard InChI is InChI=1S/C24H20ClN3O2S/c25-20-12-6-4-8-17(20)16-27-21-13-7-5-11-19(21)24(22(27)29)28(14-15-31-24)23(30)26-18-9-2-1-3-10-18/h1-13H,14-16H2,(H,26,30)/t24-/m1/s1.